The van der Waals surface area contributed by atoms with Gasteiger partial charge in [-0.25, -0.2) is 9.97 Å². The van der Waals surface area contributed by atoms with E-state index in [1.807, 2.05) is 6.07 Å². The summed E-state index contributed by atoms with van der Waals surface area (Å²) >= 11 is 5.77. The molecule has 0 atom stereocenters. The van der Waals surface area contributed by atoms with Crippen LogP contribution >= 0.6 is 11.6 Å². The zero-order valence-corrected chi connectivity index (χ0v) is 21.5. The molecule has 6 rings (SSSR count). The van der Waals surface area contributed by atoms with E-state index in [9.17, 15) is 22.8 Å². The van der Waals surface area contributed by atoms with Gasteiger partial charge in [0.1, 0.15) is 28.4 Å². The fourth-order valence-electron chi connectivity index (χ4n) is 4.37. The maximum absolute atomic E-state index is 13.5. The predicted molar refractivity (Wildman–Crippen MR) is 148 cm³/mol. The summed E-state index contributed by atoms with van der Waals surface area (Å²) in [7, 11) is 0. The standard InChI is InChI=1S/C29H17ClF3N5O3/c30-23-8-5-18(15-22(23)29(31,32)33)38-26-16(2-1-11-36-26)14-21(28(38)40)27(39)37-17-3-6-19(7-4-17)41-24-10-13-35-25-20(24)9-12-34-25/h1-15H,(H,34,35)(H,37,39). The van der Waals surface area contributed by atoms with Crippen LogP contribution in [0.25, 0.3) is 27.8 Å². The Morgan fingerprint density at radius 1 is 0.976 bits per heavy atom. The first-order valence-electron chi connectivity index (χ1n) is 12.1. The van der Waals surface area contributed by atoms with Gasteiger partial charge in [-0.2, -0.15) is 13.2 Å². The van der Waals surface area contributed by atoms with Gasteiger partial charge in [0.15, 0.2) is 0 Å². The molecule has 12 heteroatoms. The van der Waals surface area contributed by atoms with Gasteiger partial charge >= 0.3 is 6.18 Å². The summed E-state index contributed by atoms with van der Waals surface area (Å²) in [5.74, 6) is 0.338. The first-order chi connectivity index (χ1) is 19.7. The van der Waals surface area contributed by atoms with E-state index in [-0.39, 0.29) is 16.9 Å². The molecular formula is C29H17ClF3N5O3. The molecule has 2 aromatic carbocycles. The first-order valence-corrected chi connectivity index (χ1v) is 12.5. The second kappa shape index (κ2) is 10.1. The van der Waals surface area contributed by atoms with Crippen LogP contribution < -0.4 is 15.6 Å². The van der Waals surface area contributed by atoms with Crippen LogP contribution in [0.2, 0.25) is 5.02 Å². The van der Waals surface area contributed by atoms with Crippen molar-refractivity contribution in [2.75, 3.05) is 5.32 Å². The van der Waals surface area contributed by atoms with E-state index in [0.29, 0.717) is 28.2 Å². The number of nitrogens with one attached hydrogen (secondary N) is 2. The number of ether oxygens (including phenoxy) is 1. The SMILES string of the molecule is O=C(Nc1ccc(Oc2ccnc3[nH]ccc23)cc1)c1cc2cccnc2n(-c2ccc(Cl)c(C(F)(F)F)c2)c1=O. The highest BCUT2D eigenvalue weighted by Gasteiger charge is 2.34. The number of hydrogen-bond donors (Lipinski definition) is 2. The lowest BCUT2D eigenvalue weighted by Crippen LogP contribution is -2.29. The lowest BCUT2D eigenvalue weighted by Gasteiger charge is -2.15. The number of carbonyl (C=O) groups is 1. The zero-order chi connectivity index (χ0) is 28.7. The fourth-order valence-corrected chi connectivity index (χ4v) is 4.60. The fraction of sp³-hybridized carbons (Fsp3) is 0.0345. The zero-order valence-electron chi connectivity index (χ0n) is 20.7. The van der Waals surface area contributed by atoms with Crippen LogP contribution in [-0.2, 0) is 6.18 Å². The van der Waals surface area contributed by atoms with Gasteiger partial charge in [0.2, 0.25) is 0 Å². The van der Waals surface area contributed by atoms with Crippen LogP contribution in [0.4, 0.5) is 18.9 Å². The number of aromatic nitrogens is 4. The normalized spacial score (nSPS) is 11.6. The number of H-pyrrole nitrogens is 1. The molecule has 0 bridgehead atoms. The molecule has 4 heterocycles. The average molecular weight is 576 g/mol. The third-order valence-electron chi connectivity index (χ3n) is 6.28. The molecule has 0 aliphatic carbocycles. The molecule has 0 aliphatic heterocycles. The summed E-state index contributed by atoms with van der Waals surface area (Å²) < 4.78 is 47.6. The minimum atomic E-state index is -4.75. The van der Waals surface area contributed by atoms with Crippen molar-refractivity contribution in [3.63, 3.8) is 0 Å². The van der Waals surface area contributed by atoms with Crippen molar-refractivity contribution in [3.05, 3.63) is 118 Å². The van der Waals surface area contributed by atoms with E-state index in [1.54, 1.807) is 54.9 Å². The quantitative estimate of drug-likeness (QED) is 0.231. The van der Waals surface area contributed by atoms with Gasteiger partial charge < -0.3 is 15.0 Å². The van der Waals surface area contributed by atoms with Gasteiger partial charge in [-0.1, -0.05) is 11.6 Å². The molecule has 1 amide bonds. The molecule has 0 radical (unpaired) electrons. The molecule has 2 N–H and O–H groups in total. The summed E-state index contributed by atoms with van der Waals surface area (Å²) in [6.45, 7) is 0. The van der Waals surface area contributed by atoms with E-state index in [1.165, 1.54) is 18.3 Å². The minimum absolute atomic E-state index is 0.0821. The van der Waals surface area contributed by atoms with Crippen LogP contribution in [0.3, 0.4) is 0 Å². The van der Waals surface area contributed by atoms with Crippen molar-refractivity contribution in [2.45, 2.75) is 6.18 Å². The third-order valence-corrected chi connectivity index (χ3v) is 6.61. The highest BCUT2D eigenvalue weighted by atomic mass is 35.5. The number of amides is 1. The van der Waals surface area contributed by atoms with Crippen molar-refractivity contribution in [3.8, 4) is 17.2 Å². The van der Waals surface area contributed by atoms with E-state index < -0.39 is 28.2 Å². The second-order valence-corrected chi connectivity index (χ2v) is 9.31. The Bertz CT molecular complexity index is 2000. The number of fused-ring (bicyclic) bond motifs is 2. The lowest BCUT2D eigenvalue weighted by molar-refractivity contribution is -0.137. The van der Waals surface area contributed by atoms with E-state index >= 15 is 0 Å². The van der Waals surface area contributed by atoms with Crippen molar-refractivity contribution >= 4 is 45.3 Å². The number of anilines is 1. The Morgan fingerprint density at radius 2 is 1.78 bits per heavy atom. The number of alkyl halides is 3. The Hall–Kier alpha value is -5.16. The van der Waals surface area contributed by atoms with Crippen LogP contribution in [0.5, 0.6) is 11.5 Å². The van der Waals surface area contributed by atoms with Crippen LogP contribution in [0, 0.1) is 0 Å². The number of halogens is 4. The van der Waals surface area contributed by atoms with Crippen molar-refractivity contribution in [2.24, 2.45) is 0 Å². The number of benzene rings is 2. The first kappa shape index (κ1) is 26.1. The Balaban J connectivity index is 1.32. The minimum Gasteiger partial charge on any atom is -0.457 e. The molecule has 0 unspecified atom stereocenters. The average Bonchev–Trinajstić information content (AvgIpc) is 3.44. The predicted octanol–water partition coefficient (Wildman–Crippen LogP) is 6.98. The molecule has 0 saturated heterocycles. The summed E-state index contributed by atoms with van der Waals surface area (Å²) in [6.07, 6.45) is 0.00975. The lowest BCUT2D eigenvalue weighted by atomic mass is 10.1. The summed E-state index contributed by atoms with van der Waals surface area (Å²) in [4.78, 5) is 38.2. The molecule has 6 aromatic rings. The van der Waals surface area contributed by atoms with Gasteiger partial charge in [-0.15, -0.1) is 0 Å². The van der Waals surface area contributed by atoms with Gasteiger partial charge in [-0.05, 0) is 72.8 Å². The molecule has 0 spiro atoms. The largest absolute Gasteiger partial charge is 0.457 e. The third kappa shape index (κ3) is 4.98. The van der Waals surface area contributed by atoms with Crippen molar-refractivity contribution in [1.29, 1.82) is 0 Å². The van der Waals surface area contributed by atoms with Gasteiger partial charge in [0.25, 0.3) is 11.5 Å². The van der Waals surface area contributed by atoms with Crippen molar-refractivity contribution < 1.29 is 22.7 Å². The maximum Gasteiger partial charge on any atom is 0.417 e. The summed E-state index contributed by atoms with van der Waals surface area (Å²) in [5, 5.41) is 3.31. The van der Waals surface area contributed by atoms with E-state index in [0.717, 1.165) is 22.1 Å². The van der Waals surface area contributed by atoms with Gasteiger partial charge in [-0.3, -0.25) is 14.2 Å². The number of aromatic amines is 1. The van der Waals surface area contributed by atoms with Crippen LogP contribution in [0.1, 0.15) is 15.9 Å². The highest BCUT2D eigenvalue weighted by Crippen LogP contribution is 2.36. The van der Waals surface area contributed by atoms with Crippen molar-refractivity contribution in [1.82, 2.24) is 19.5 Å². The number of pyridine rings is 3. The van der Waals surface area contributed by atoms with E-state index in [4.69, 9.17) is 16.3 Å². The molecule has 4 aromatic heterocycles. The molecule has 204 valence electrons. The van der Waals surface area contributed by atoms with Crippen LogP contribution in [0.15, 0.2) is 96.2 Å². The number of nitrogens with zero attached hydrogens (tertiary/aromatic N) is 3. The molecular weight excluding hydrogens is 559 g/mol. The maximum atomic E-state index is 13.5. The number of rotatable bonds is 5. The highest BCUT2D eigenvalue weighted by molar-refractivity contribution is 6.31. The Morgan fingerprint density at radius 3 is 2.56 bits per heavy atom. The molecule has 0 fully saturated rings. The van der Waals surface area contributed by atoms with E-state index in [2.05, 4.69) is 20.3 Å². The summed E-state index contributed by atoms with van der Waals surface area (Å²) in [6, 6.07) is 17.6. The Labute approximate surface area is 234 Å². The second-order valence-electron chi connectivity index (χ2n) is 8.91. The summed E-state index contributed by atoms with van der Waals surface area (Å²) in [5.41, 5.74) is -1.27. The smallest absolute Gasteiger partial charge is 0.417 e. The molecule has 41 heavy (non-hydrogen) atoms. The number of carbonyl (C=O) groups excluding carboxylic acids is 1. The Kier molecular flexibility index (Phi) is 6.43. The van der Waals surface area contributed by atoms with Crippen LogP contribution in [-0.4, -0.2) is 25.4 Å². The van der Waals surface area contributed by atoms with Gasteiger partial charge in [0.05, 0.1) is 21.7 Å². The molecule has 0 saturated carbocycles. The molecule has 8 nitrogen and oxygen atoms in total. The monoisotopic (exact) mass is 575 g/mol. The number of hydrogen-bond acceptors (Lipinski definition) is 5. The van der Waals surface area contributed by atoms with Gasteiger partial charge in [0, 0.05) is 29.7 Å². The molecule has 0 aliphatic rings. The topological polar surface area (TPSA) is 102 Å².